The van der Waals surface area contributed by atoms with Gasteiger partial charge in [0.05, 0.1) is 0 Å². The quantitative estimate of drug-likeness (QED) is 0.732. The van der Waals surface area contributed by atoms with E-state index in [0.717, 1.165) is 11.3 Å². The summed E-state index contributed by atoms with van der Waals surface area (Å²) in [6.45, 7) is 7.28. The second-order valence-electron chi connectivity index (χ2n) is 6.86. The third-order valence-electron chi connectivity index (χ3n) is 4.77. The molecular formula is C22H30N4O2. The third kappa shape index (κ3) is 6.30. The molecule has 6 nitrogen and oxygen atoms in total. The number of nitrogens with zero attached hydrogens (tertiary/aromatic N) is 2. The summed E-state index contributed by atoms with van der Waals surface area (Å²) >= 11 is 0. The van der Waals surface area contributed by atoms with Crippen molar-refractivity contribution in [3.8, 4) is 0 Å². The van der Waals surface area contributed by atoms with Gasteiger partial charge in [0.2, 0.25) is 5.91 Å². The first-order chi connectivity index (χ1) is 13.4. The van der Waals surface area contributed by atoms with E-state index in [1.165, 1.54) is 0 Å². The maximum atomic E-state index is 12.3. The van der Waals surface area contributed by atoms with Crippen LogP contribution >= 0.6 is 0 Å². The van der Waals surface area contributed by atoms with Crippen LogP contribution in [0.1, 0.15) is 26.3 Å². The van der Waals surface area contributed by atoms with Crippen molar-refractivity contribution in [2.75, 3.05) is 30.4 Å². The molecule has 0 aliphatic heterocycles. The fourth-order valence-corrected chi connectivity index (χ4v) is 2.88. The van der Waals surface area contributed by atoms with E-state index < -0.39 is 0 Å². The molecule has 0 radical (unpaired) electrons. The fourth-order valence-electron chi connectivity index (χ4n) is 2.88. The molecule has 3 amide bonds. The van der Waals surface area contributed by atoms with Crippen molar-refractivity contribution in [1.82, 2.24) is 10.2 Å². The van der Waals surface area contributed by atoms with Crippen molar-refractivity contribution in [2.24, 2.45) is 0 Å². The van der Waals surface area contributed by atoms with Crippen molar-refractivity contribution >= 4 is 23.3 Å². The smallest absolute Gasteiger partial charge is 0.319 e. The summed E-state index contributed by atoms with van der Waals surface area (Å²) in [7, 11) is 2.01. The summed E-state index contributed by atoms with van der Waals surface area (Å²) in [5.41, 5.74) is 2.79. The summed E-state index contributed by atoms with van der Waals surface area (Å²) in [4.78, 5) is 27.7. The van der Waals surface area contributed by atoms with Gasteiger partial charge in [-0.15, -0.1) is 0 Å². The minimum absolute atomic E-state index is 0.0372. The number of amides is 3. The van der Waals surface area contributed by atoms with Gasteiger partial charge in [0, 0.05) is 51.0 Å². The van der Waals surface area contributed by atoms with Crippen LogP contribution in [0, 0.1) is 0 Å². The van der Waals surface area contributed by atoms with Crippen LogP contribution in [-0.4, -0.2) is 43.0 Å². The van der Waals surface area contributed by atoms with Gasteiger partial charge in [0.25, 0.3) is 0 Å². The largest absolute Gasteiger partial charge is 0.370 e. The lowest BCUT2D eigenvalue weighted by atomic mass is 10.2. The summed E-state index contributed by atoms with van der Waals surface area (Å²) in [5.74, 6) is 0.0372. The van der Waals surface area contributed by atoms with E-state index in [-0.39, 0.29) is 18.0 Å². The first-order valence-electron chi connectivity index (χ1n) is 9.58. The molecule has 0 bridgehead atoms. The SMILES string of the molecule is CCN(Cc1cccc(NC(=O)NC[C@@H](C)N(C)c2ccccc2)c1)C(C)=O. The molecule has 2 aromatic carbocycles. The molecule has 0 unspecified atom stereocenters. The maximum absolute atomic E-state index is 12.3. The van der Waals surface area contributed by atoms with E-state index in [1.807, 2.05) is 68.6 Å². The second kappa shape index (κ2) is 10.3. The van der Waals surface area contributed by atoms with Crippen LogP contribution in [0.3, 0.4) is 0 Å². The normalized spacial score (nSPS) is 11.4. The van der Waals surface area contributed by atoms with E-state index in [9.17, 15) is 9.59 Å². The number of para-hydroxylation sites is 1. The highest BCUT2D eigenvalue weighted by atomic mass is 16.2. The number of hydrogen-bond acceptors (Lipinski definition) is 3. The molecule has 150 valence electrons. The predicted octanol–water partition coefficient (Wildman–Crippen LogP) is 3.70. The Morgan fingerprint density at radius 2 is 1.79 bits per heavy atom. The molecule has 2 rings (SSSR count). The minimum Gasteiger partial charge on any atom is -0.370 e. The molecule has 0 spiro atoms. The van der Waals surface area contributed by atoms with E-state index in [4.69, 9.17) is 0 Å². The zero-order valence-electron chi connectivity index (χ0n) is 17.1. The highest BCUT2D eigenvalue weighted by Crippen LogP contribution is 2.14. The van der Waals surface area contributed by atoms with Gasteiger partial charge in [-0.1, -0.05) is 30.3 Å². The average Bonchev–Trinajstić information content (AvgIpc) is 2.70. The van der Waals surface area contributed by atoms with Crippen molar-refractivity contribution < 1.29 is 9.59 Å². The molecule has 0 saturated carbocycles. The molecule has 0 heterocycles. The Labute approximate surface area is 167 Å². The maximum Gasteiger partial charge on any atom is 0.319 e. The van der Waals surface area contributed by atoms with Gasteiger partial charge in [-0.2, -0.15) is 0 Å². The number of urea groups is 1. The molecule has 0 saturated heterocycles. The minimum atomic E-state index is -0.246. The molecule has 0 fully saturated rings. The van der Waals surface area contributed by atoms with Gasteiger partial charge in [-0.05, 0) is 43.7 Å². The van der Waals surface area contributed by atoms with Crippen LogP contribution in [-0.2, 0) is 11.3 Å². The van der Waals surface area contributed by atoms with Gasteiger partial charge in [0.15, 0.2) is 0 Å². The van der Waals surface area contributed by atoms with Crippen LogP contribution in [0.5, 0.6) is 0 Å². The Hall–Kier alpha value is -3.02. The van der Waals surface area contributed by atoms with Crippen LogP contribution in [0.2, 0.25) is 0 Å². The van der Waals surface area contributed by atoms with Crippen molar-refractivity contribution in [3.05, 3.63) is 60.2 Å². The van der Waals surface area contributed by atoms with Crippen LogP contribution in [0.4, 0.5) is 16.2 Å². The van der Waals surface area contributed by atoms with Gasteiger partial charge in [-0.3, -0.25) is 4.79 Å². The Morgan fingerprint density at radius 3 is 2.43 bits per heavy atom. The fraction of sp³-hybridized carbons (Fsp3) is 0.364. The number of carbonyl (C=O) groups excluding carboxylic acids is 2. The lowest BCUT2D eigenvalue weighted by Crippen LogP contribution is -2.41. The Balaban J connectivity index is 1.87. The highest BCUT2D eigenvalue weighted by Gasteiger charge is 2.12. The standard InChI is InChI=1S/C22H30N4O2/c1-5-26(18(3)27)16-19-10-9-11-20(14-19)24-22(28)23-15-17(2)25(4)21-12-7-6-8-13-21/h6-14,17H,5,15-16H2,1-4H3,(H2,23,24,28)/t17-/m1/s1. The number of hydrogen-bond donors (Lipinski definition) is 2. The number of rotatable bonds is 8. The molecule has 6 heteroatoms. The molecular weight excluding hydrogens is 352 g/mol. The van der Waals surface area contributed by atoms with E-state index >= 15 is 0 Å². The van der Waals surface area contributed by atoms with Crippen molar-refractivity contribution in [1.29, 1.82) is 0 Å². The first kappa shape index (κ1) is 21.3. The Morgan fingerprint density at radius 1 is 1.07 bits per heavy atom. The van der Waals surface area contributed by atoms with Gasteiger partial charge in [0.1, 0.15) is 0 Å². The number of benzene rings is 2. The van der Waals surface area contributed by atoms with Crippen LogP contribution in [0.25, 0.3) is 0 Å². The van der Waals surface area contributed by atoms with Crippen LogP contribution in [0.15, 0.2) is 54.6 Å². The number of carbonyl (C=O) groups is 2. The molecule has 0 aromatic heterocycles. The predicted molar refractivity (Wildman–Crippen MR) is 115 cm³/mol. The lowest BCUT2D eigenvalue weighted by Gasteiger charge is -2.27. The van der Waals surface area contributed by atoms with Crippen molar-refractivity contribution in [3.63, 3.8) is 0 Å². The number of likely N-dealkylation sites (N-methyl/N-ethyl adjacent to an activating group) is 1. The third-order valence-corrected chi connectivity index (χ3v) is 4.77. The van der Waals surface area contributed by atoms with Crippen molar-refractivity contribution in [2.45, 2.75) is 33.4 Å². The molecule has 0 aliphatic rings. The zero-order chi connectivity index (χ0) is 20.5. The zero-order valence-corrected chi connectivity index (χ0v) is 17.1. The first-order valence-corrected chi connectivity index (χ1v) is 9.58. The van der Waals surface area contributed by atoms with E-state index in [2.05, 4.69) is 22.5 Å². The topological polar surface area (TPSA) is 64.7 Å². The monoisotopic (exact) mass is 382 g/mol. The van der Waals surface area contributed by atoms with E-state index in [1.54, 1.807) is 11.8 Å². The molecule has 2 N–H and O–H groups in total. The van der Waals surface area contributed by atoms with Gasteiger partial charge in [-0.25, -0.2) is 4.79 Å². The molecule has 1 atom stereocenters. The summed E-state index contributed by atoms with van der Waals surface area (Å²) in [6.07, 6.45) is 0. The summed E-state index contributed by atoms with van der Waals surface area (Å²) in [6, 6.07) is 17.5. The second-order valence-corrected chi connectivity index (χ2v) is 6.86. The number of nitrogens with one attached hydrogen (secondary N) is 2. The Kier molecular flexibility index (Phi) is 7.87. The van der Waals surface area contributed by atoms with Gasteiger partial charge >= 0.3 is 6.03 Å². The molecule has 0 aliphatic carbocycles. The van der Waals surface area contributed by atoms with E-state index in [0.29, 0.717) is 25.3 Å². The Bertz CT molecular complexity index is 779. The van der Waals surface area contributed by atoms with Gasteiger partial charge < -0.3 is 20.4 Å². The molecule has 2 aromatic rings. The number of anilines is 2. The summed E-state index contributed by atoms with van der Waals surface area (Å²) in [5, 5.41) is 5.78. The lowest BCUT2D eigenvalue weighted by molar-refractivity contribution is -0.129. The molecule has 28 heavy (non-hydrogen) atoms. The average molecular weight is 383 g/mol. The highest BCUT2D eigenvalue weighted by molar-refractivity contribution is 5.89. The summed E-state index contributed by atoms with van der Waals surface area (Å²) < 4.78 is 0. The van der Waals surface area contributed by atoms with Crippen LogP contribution < -0.4 is 15.5 Å².